The van der Waals surface area contributed by atoms with Crippen molar-refractivity contribution >= 4 is 23.4 Å². The Labute approximate surface area is 140 Å². The topological polar surface area (TPSA) is 68.9 Å². The van der Waals surface area contributed by atoms with Crippen LogP contribution in [0.5, 0.6) is 11.5 Å². The number of rotatable bonds is 7. The lowest BCUT2D eigenvalue weighted by molar-refractivity contribution is 0.355. The van der Waals surface area contributed by atoms with Crippen LogP contribution in [0.3, 0.4) is 0 Å². The fourth-order valence-corrected chi connectivity index (χ4v) is 2.72. The van der Waals surface area contributed by atoms with Gasteiger partial charge < -0.3 is 20.5 Å². The first-order valence-electron chi connectivity index (χ1n) is 7.19. The van der Waals surface area contributed by atoms with Crippen LogP contribution in [0.4, 0.5) is 5.69 Å². The first kappa shape index (κ1) is 17.0. The van der Waals surface area contributed by atoms with Crippen LogP contribution in [-0.4, -0.2) is 32.5 Å². The standard InChI is InChI=1S/C17H21N3O2S/c1-21-15-9-8-13(12-16(15)22-2)20-17(18)19-10-11-23-14-6-4-3-5-7-14/h3-9,12H,10-11H2,1-2H3,(H3,18,19,20). The van der Waals surface area contributed by atoms with Crippen molar-refractivity contribution in [2.75, 3.05) is 31.8 Å². The zero-order valence-corrected chi connectivity index (χ0v) is 14.1. The van der Waals surface area contributed by atoms with Crippen LogP contribution >= 0.6 is 11.8 Å². The molecule has 0 aliphatic heterocycles. The van der Waals surface area contributed by atoms with E-state index in [9.17, 15) is 0 Å². The number of hydrogen-bond acceptors (Lipinski definition) is 4. The van der Waals surface area contributed by atoms with E-state index in [0.29, 0.717) is 24.0 Å². The van der Waals surface area contributed by atoms with Crippen LogP contribution in [0.1, 0.15) is 0 Å². The van der Waals surface area contributed by atoms with Crippen LogP contribution in [-0.2, 0) is 0 Å². The minimum Gasteiger partial charge on any atom is -0.493 e. The molecule has 3 N–H and O–H groups in total. The summed E-state index contributed by atoms with van der Waals surface area (Å²) in [6.45, 7) is 0.645. The Morgan fingerprint density at radius 2 is 1.83 bits per heavy atom. The van der Waals surface area contributed by atoms with E-state index in [1.165, 1.54) is 4.90 Å². The van der Waals surface area contributed by atoms with E-state index < -0.39 is 0 Å². The summed E-state index contributed by atoms with van der Waals surface area (Å²) in [6, 6.07) is 15.7. The number of aliphatic imine (C=N–C) groups is 1. The Morgan fingerprint density at radius 3 is 2.52 bits per heavy atom. The summed E-state index contributed by atoms with van der Waals surface area (Å²) < 4.78 is 10.5. The number of benzene rings is 2. The fourth-order valence-electron chi connectivity index (χ4n) is 1.95. The molecule has 2 aromatic rings. The SMILES string of the molecule is COc1ccc(NC(N)=NCCSc2ccccc2)cc1OC. The summed E-state index contributed by atoms with van der Waals surface area (Å²) in [5.41, 5.74) is 6.71. The number of ether oxygens (including phenoxy) is 2. The smallest absolute Gasteiger partial charge is 0.193 e. The van der Waals surface area contributed by atoms with Crippen molar-refractivity contribution < 1.29 is 9.47 Å². The molecule has 0 unspecified atom stereocenters. The monoisotopic (exact) mass is 331 g/mol. The van der Waals surface area contributed by atoms with Gasteiger partial charge in [-0.05, 0) is 24.3 Å². The van der Waals surface area contributed by atoms with Gasteiger partial charge >= 0.3 is 0 Å². The van der Waals surface area contributed by atoms with Crippen molar-refractivity contribution in [2.45, 2.75) is 4.90 Å². The number of thioether (sulfide) groups is 1. The maximum atomic E-state index is 5.90. The number of nitrogens with zero attached hydrogens (tertiary/aromatic N) is 1. The highest BCUT2D eigenvalue weighted by Gasteiger charge is 2.04. The summed E-state index contributed by atoms with van der Waals surface area (Å²) >= 11 is 1.75. The van der Waals surface area contributed by atoms with Crippen molar-refractivity contribution in [3.8, 4) is 11.5 Å². The third kappa shape index (κ3) is 5.41. The summed E-state index contributed by atoms with van der Waals surface area (Å²) in [7, 11) is 3.20. The van der Waals surface area contributed by atoms with Gasteiger partial charge in [0.25, 0.3) is 0 Å². The second-order valence-electron chi connectivity index (χ2n) is 4.62. The molecule has 0 saturated heterocycles. The molecule has 0 aliphatic rings. The maximum Gasteiger partial charge on any atom is 0.193 e. The first-order chi connectivity index (χ1) is 11.2. The van der Waals surface area contributed by atoms with Crippen LogP contribution in [0.25, 0.3) is 0 Å². The zero-order chi connectivity index (χ0) is 16.5. The van der Waals surface area contributed by atoms with Crippen LogP contribution in [0, 0.1) is 0 Å². The molecule has 0 bridgehead atoms. The number of methoxy groups -OCH3 is 2. The molecule has 2 rings (SSSR count). The predicted octanol–water partition coefficient (Wildman–Crippen LogP) is 3.22. The molecule has 6 heteroatoms. The highest BCUT2D eigenvalue weighted by atomic mass is 32.2. The molecule has 0 saturated carbocycles. The molecule has 0 atom stereocenters. The largest absolute Gasteiger partial charge is 0.493 e. The van der Waals surface area contributed by atoms with Gasteiger partial charge in [0.1, 0.15) is 0 Å². The van der Waals surface area contributed by atoms with Gasteiger partial charge in [0.15, 0.2) is 17.5 Å². The average molecular weight is 331 g/mol. The van der Waals surface area contributed by atoms with E-state index in [-0.39, 0.29) is 0 Å². The second kappa shape index (κ2) is 8.95. The Morgan fingerprint density at radius 1 is 1.09 bits per heavy atom. The molecule has 23 heavy (non-hydrogen) atoms. The minimum absolute atomic E-state index is 0.380. The highest BCUT2D eigenvalue weighted by Crippen LogP contribution is 2.29. The molecule has 0 fully saturated rings. The molecule has 0 spiro atoms. The number of nitrogens with two attached hydrogens (primary N) is 1. The maximum absolute atomic E-state index is 5.90. The Bertz CT molecular complexity index is 648. The number of nitrogens with one attached hydrogen (secondary N) is 1. The highest BCUT2D eigenvalue weighted by molar-refractivity contribution is 7.99. The fraction of sp³-hybridized carbons (Fsp3) is 0.235. The molecule has 0 aliphatic carbocycles. The molecular weight excluding hydrogens is 310 g/mol. The van der Waals surface area contributed by atoms with Gasteiger partial charge in [-0.2, -0.15) is 0 Å². The summed E-state index contributed by atoms with van der Waals surface area (Å²) in [5, 5.41) is 3.05. The van der Waals surface area contributed by atoms with Gasteiger partial charge in [-0.1, -0.05) is 18.2 Å². The predicted molar refractivity (Wildman–Crippen MR) is 96.8 cm³/mol. The van der Waals surface area contributed by atoms with Crippen molar-refractivity contribution in [3.05, 3.63) is 48.5 Å². The lowest BCUT2D eigenvalue weighted by Crippen LogP contribution is -2.23. The van der Waals surface area contributed by atoms with Crippen molar-refractivity contribution in [2.24, 2.45) is 10.7 Å². The Balaban J connectivity index is 1.84. The lowest BCUT2D eigenvalue weighted by Gasteiger charge is -2.10. The van der Waals surface area contributed by atoms with Crippen molar-refractivity contribution in [1.82, 2.24) is 0 Å². The first-order valence-corrected chi connectivity index (χ1v) is 8.18. The van der Waals surface area contributed by atoms with Gasteiger partial charge in [0, 0.05) is 22.4 Å². The summed E-state index contributed by atoms with van der Waals surface area (Å²) in [6.07, 6.45) is 0. The van der Waals surface area contributed by atoms with Gasteiger partial charge in [-0.15, -0.1) is 11.8 Å². The third-order valence-electron chi connectivity index (χ3n) is 3.04. The van der Waals surface area contributed by atoms with E-state index in [4.69, 9.17) is 15.2 Å². The number of hydrogen-bond donors (Lipinski definition) is 2. The van der Waals surface area contributed by atoms with Crippen molar-refractivity contribution in [3.63, 3.8) is 0 Å². The molecule has 0 aromatic heterocycles. The molecule has 0 radical (unpaired) electrons. The average Bonchev–Trinajstić information content (AvgIpc) is 2.59. The van der Waals surface area contributed by atoms with E-state index in [2.05, 4.69) is 22.4 Å². The van der Waals surface area contributed by atoms with E-state index in [1.54, 1.807) is 26.0 Å². The third-order valence-corrected chi connectivity index (χ3v) is 4.03. The normalized spacial score (nSPS) is 11.1. The summed E-state index contributed by atoms with van der Waals surface area (Å²) in [4.78, 5) is 5.55. The molecule has 5 nitrogen and oxygen atoms in total. The van der Waals surface area contributed by atoms with Crippen LogP contribution in [0.15, 0.2) is 58.4 Å². The zero-order valence-electron chi connectivity index (χ0n) is 13.3. The van der Waals surface area contributed by atoms with E-state index in [1.807, 2.05) is 36.4 Å². The quantitative estimate of drug-likeness (QED) is 0.353. The number of anilines is 1. The van der Waals surface area contributed by atoms with Gasteiger partial charge in [0.05, 0.1) is 20.8 Å². The van der Waals surface area contributed by atoms with E-state index in [0.717, 1.165) is 11.4 Å². The molecule has 0 amide bonds. The van der Waals surface area contributed by atoms with Crippen molar-refractivity contribution in [1.29, 1.82) is 0 Å². The molecule has 0 heterocycles. The molecular formula is C17H21N3O2S. The molecule has 2 aromatic carbocycles. The van der Waals surface area contributed by atoms with Gasteiger partial charge in [-0.25, -0.2) is 0 Å². The second-order valence-corrected chi connectivity index (χ2v) is 5.79. The Kier molecular flexibility index (Phi) is 6.62. The molecule has 122 valence electrons. The minimum atomic E-state index is 0.380. The van der Waals surface area contributed by atoms with Gasteiger partial charge in [-0.3, -0.25) is 4.99 Å². The number of guanidine groups is 1. The lowest BCUT2D eigenvalue weighted by atomic mass is 10.3. The van der Waals surface area contributed by atoms with E-state index >= 15 is 0 Å². The van der Waals surface area contributed by atoms with Crippen LogP contribution in [0.2, 0.25) is 0 Å². The Hall–Kier alpha value is -2.34. The summed E-state index contributed by atoms with van der Waals surface area (Å²) in [5.74, 6) is 2.57. The van der Waals surface area contributed by atoms with Gasteiger partial charge in [0.2, 0.25) is 0 Å². The van der Waals surface area contributed by atoms with Crippen LogP contribution < -0.4 is 20.5 Å².